The number of halogens is 1. The first-order valence-corrected chi connectivity index (χ1v) is 3.93. The summed E-state index contributed by atoms with van der Waals surface area (Å²) >= 11 is 0. The molecule has 0 aliphatic heterocycles. The van der Waals surface area contributed by atoms with E-state index in [-0.39, 0.29) is 11.3 Å². The molecule has 0 N–H and O–H groups in total. The Hall–Kier alpha value is -1.22. The lowest BCUT2D eigenvalue weighted by Gasteiger charge is -2.02. The van der Waals surface area contributed by atoms with Crippen molar-refractivity contribution >= 4 is 5.78 Å². The van der Waals surface area contributed by atoms with E-state index in [9.17, 15) is 9.18 Å². The molecule has 0 amide bonds. The van der Waals surface area contributed by atoms with Crippen molar-refractivity contribution in [1.29, 1.82) is 0 Å². The highest BCUT2D eigenvalue weighted by molar-refractivity contribution is 5.94. The van der Waals surface area contributed by atoms with Crippen molar-refractivity contribution in [2.45, 2.75) is 13.5 Å². The van der Waals surface area contributed by atoms with E-state index in [1.165, 1.54) is 26.2 Å². The molecule has 0 aliphatic rings. The molecule has 0 radical (unpaired) electrons. The van der Waals surface area contributed by atoms with Crippen molar-refractivity contribution in [3.63, 3.8) is 0 Å². The Bertz CT molecular complexity index is 321. The van der Waals surface area contributed by atoms with Crippen LogP contribution in [0.1, 0.15) is 22.8 Å². The molecule has 13 heavy (non-hydrogen) atoms. The van der Waals surface area contributed by atoms with Crippen molar-refractivity contribution in [3.8, 4) is 0 Å². The third-order valence-electron chi connectivity index (χ3n) is 1.72. The number of Topliss-reactive ketones (excluding diaryl/α,β-unsaturated/α-hetero) is 1. The molecule has 0 aromatic heterocycles. The van der Waals surface area contributed by atoms with Crippen LogP contribution in [0.3, 0.4) is 0 Å². The molecule has 0 heterocycles. The first-order chi connectivity index (χ1) is 6.15. The van der Waals surface area contributed by atoms with Crippen molar-refractivity contribution in [3.05, 3.63) is 35.1 Å². The van der Waals surface area contributed by atoms with Crippen molar-refractivity contribution in [2.24, 2.45) is 0 Å². The minimum Gasteiger partial charge on any atom is -0.380 e. The van der Waals surface area contributed by atoms with Crippen LogP contribution in [0, 0.1) is 5.82 Å². The van der Waals surface area contributed by atoms with Gasteiger partial charge in [-0.2, -0.15) is 0 Å². The third-order valence-corrected chi connectivity index (χ3v) is 1.72. The van der Waals surface area contributed by atoms with Gasteiger partial charge in [-0.25, -0.2) is 4.39 Å². The molecule has 0 fully saturated rings. The number of ketones is 1. The Labute approximate surface area is 76.3 Å². The fourth-order valence-corrected chi connectivity index (χ4v) is 1.10. The van der Waals surface area contributed by atoms with E-state index in [1.54, 1.807) is 6.07 Å². The lowest BCUT2D eigenvalue weighted by molar-refractivity contribution is 0.101. The van der Waals surface area contributed by atoms with Crippen LogP contribution in [0.25, 0.3) is 0 Å². The Morgan fingerprint density at radius 1 is 1.54 bits per heavy atom. The van der Waals surface area contributed by atoms with Crippen LogP contribution in [-0.4, -0.2) is 12.9 Å². The molecule has 1 aromatic rings. The zero-order chi connectivity index (χ0) is 9.84. The molecule has 0 spiro atoms. The van der Waals surface area contributed by atoms with E-state index in [2.05, 4.69) is 0 Å². The molecule has 0 aliphatic carbocycles. The maximum atomic E-state index is 13.1. The summed E-state index contributed by atoms with van der Waals surface area (Å²) in [6.07, 6.45) is 0. The number of hydrogen-bond acceptors (Lipinski definition) is 2. The van der Waals surface area contributed by atoms with Crippen LogP contribution in [0.15, 0.2) is 18.2 Å². The number of benzene rings is 1. The Balaban J connectivity index is 2.98. The van der Waals surface area contributed by atoms with Gasteiger partial charge < -0.3 is 4.74 Å². The summed E-state index contributed by atoms with van der Waals surface area (Å²) in [7, 11) is 1.54. The first kappa shape index (κ1) is 9.86. The monoisotopic (exact) mass is 182 g/mol. The lowest BCUT2D eigenvalue weighted by Crippen LogP contribution is -1.98. The van der Waals surface area contributed by atoms with Gasteiger partial charge in [0.1, 0.15) is 5.82 Å². The summed E-state index contributed by atoms with van der Waals surface area (Å²) in [5.74, 6) is -0.747. The second-order valence-electron chi connectivity index (χ2n) is 2.80. The van der Waals surface area contributed by atoms with E-state index in [1.807, 2.05) is 0 Å². The van der Waals surface area contributed by atoms with E-state index in [0.29, 0.717) is 6.61 Å². The van der Waals surface area contributed by atoms with Crippen molar-refractivity contribution in [1.82, 2.24) is 0 Å². The second kappa shape index (κ2) is 4.14. The molecular weight excluding hydrogens is 171 g/mol. The molecule has 0 unspecified atom stereocenters. The van der Waals surface area contributed by atoms with Crippen molar-refractivity contribution in [2.75, 3.05) is 7.11 Å². The summed E-state index contributed by atoms with van der Waals surface area (Å²) < 4.78 is 18.0. The number of methoxy groups -OCH3 is 1. The van der Waals surface area contributed by atoms with Gasteiger partial charge in [-0.05, 0) is 24.6 Å². The van der Waals surface area contributed by atoms with E-state index in [0.717, 1.165) is 5.56 Å². The van der Waals surface area contributed by atoms with Gasteiger partial charge in [-0.3, -0.25) is 4.79 Å². The largest absolute Gasteiger partial charge is 0.380 e. The number of carbonyl (C=O) groups excluding carboxylic acids is 1. The summed E-state index contributed by atoms with van der Waals surface area (Å²) in [6, 6.07) is 4.48. The SMILES string of the molecule is COCc1ccc(C(C)=O)c(F)c1. The molecule has 0 bridgehead atoms. The van der Waals surface area contributed by atoms with Crippen LogP contribution >= 0.6 is 0 Å². The molecule has 0 saturated heterocycles. The zero-order valence-corrected chi connectivity index (χ0v) is 7.63. The van der Waals surface area contributed by atoms with E-state index < -0.39 is 5.82 Å². The number of hydrogen-bond donors (Lipinski definition) is 0. The van der Waals surface area contributed by atoms with E-state index in [4.69, 9.17) is 4.74 Å². The van der Waals surface area contributed by atoms with Gasteiger partial charge in [0.25, 0.3) is 0 Å². The van der Waals surface area contributed by atoms with E-state index >= 15 is 0 Å². The Morgan fingerprint density at radius 2 is 2.23 bits per heavy atom. The van der Waals surface area contributed by atoms with Gasteiger partial charge in [0.15, 0.2) is 5.78 Å². The molecule has 0 saturated carbocycles. The normalized spacial score (nSPS) is 10.1. The fraction of sp³-hybridized carbons (Fsp3) is 0.300. The maximum Gasteiger partial charge on any atom is 0.162 e. The van der Waals surface area contributed by atoms with Gasteiger partial charge >= 0.3 is 0 Å². The highest BCUT2D eigenvalue weighted by Gasteiger charge is 2.06. The summed E-state index contributed by atoms with van der Waals surface area (Å²) in [5.41, 5.74) is 0.852. The topological polar surface area (TPSA) is 26.3 Å². The van der Waals surface area contributed by atoms with Gasteiger partial charge in [0, 0.05) is 7.11 Å². The van der Waals surface area contributed by atoms with Crippen LogP contribution in [-0.2, 0) is 11.3 Å². The molecular formula is C10H11FO2. The minimum atomic E-state index is -0.484. The van der Waals surface area contributed by atoms with Crippen LogP contribution in [0.2, 0.25) is 0 Å². The number of rotatable bonds is 3. The minimum absolute atomic E-state index is 0.125. The van der Waals surface area contributed by atoms with Crippen LogP contribution in [0.4, 0.5) is 4.39 Å². The molecule has 70 valence electrons. The van der Waals surface area contributed by atoms with Crippen molar-refractivity contribution < 1.29 is 13.9 Å². The molecule has 1 rings (SSSR count). The van der Waals surface area contributed by atoms with Gasteiger partial charge in [-0.1, -0.05) is 6.07 Å². The van der Waals surface area contributed by atoms with Crippen LogP contribution in [0.5, 0.6) is 0 Å². The maximum absolute atomic E-state index is 13.1. The predicted octanol–water partition coefficient (Wildman–Crippen LogP) is 2.17. The number of ether oxygens (including phenoxy) is 1. The summed E-state index contributed by atoms with van der Waals surface area (Å²) in [4.78, 5) is 10.9. The standard InChI is InChI=1S/C10H11FO2/c1-7(12)9-4-3-8(6-13-2)5-10(9)11/h3-5H,6H2,1-2H3. The second-order valence-corrected chi connectivity index (χ2v) is 2.80. The predicted molar refractivity (Wildman–Crippen MR) is 47.1 cm³/mol. The van der Waals surface area contributed by atoms with Crippen LogP contribution < -0.4 is 0 Å². The first-order valence-electron chi connectivity index (χ1n) is 3.93. The molecule has 0 atom stereocenters. The van der Waals surface area contributed by atoms with Gasteiger partial charge in [0.05, 0.1) is 12.2 Å². The summed E-state index contributed by atoms with van der Waals surface area (Å²) in [5, 5.41) is 0. The lowest BCUT2D eigenvalue weighted by atomic mass is 10.1. The summed E-state index contributed by atoms with van der Waals surface area (Å²) in [6.45, 7) is 1.70. The molecule has 2 nitrogen and oxygen atoms in total. The van der Waals surface area contributed by atoms with Gasteiger partial charge in [-0.15, -0.1) is 0 Å². The number of carbonyl (C=O) groups is 1. The quantitative estimate of drug-likeness (QED) is 0.669. The van der Waals surface area contributed by atoms with Gasteiger partial charge in [0.2, 0.25) is 0 Å². The Kier molecular flexibility index (Phi) is 3.14. The average molecular weight is 182 g/mol. The Morgan fingerprint density at radius 3 is 2.69 bits per heavy atom. The third kappa shape index (κ3) is 2.36. The average Bonchev–Trinajstić information content (AvgIpc) is 2.04. The zero-order valence-electron chi connectivity index (χ0n) is 7.63. The molecule has 1 aromatic carbocycles. The highest BCUT2D eigenvalue weighted by Crippen LogP contribution is 2.11. The smallest absolute Gasteiger partial charge is 0.162 e. The molecule has 3 heteroatoms. The highest BCUT2D eigenvalue weighted by atomic mass is 19.1. The fourth-order valence-electron chi connectivity index (χ4n) is 1.10.